The molecule has 1 heterocycles. The Morgan fingerprint density at radius 3 is 2.75 bits per heavy atom. The number of nitrogens with two attached hydrogens (primary N) is 1. The Bertz CT molecular complexity index is 275. The summed E-state index contributed by atoms with van der Waals surface area (Å²) < 4.78 is 1.68. The van der Waals surface area contributed by atoms with E-state index >= 15 is 0 Å². The minimum Gasteiger partial charge on any atom is -0.367 e. The standard InChI is InChI=1S/C7H13N5/c1-7(3-2-4-7)5-12-6(8)9-10-11-12/h2-5H2,1H3,(H2,8,9,11). The van der Waals surface area contributed by atoms with Crippen LogP contribution in [0.25, 0.3) is 0 Å². The molecule has 5 nitrogen and oxygen atoms in total. The molecule has 1 saturated carbocycles. The summed E-state index contributed by atoms with van der Waals surface area (Å²) in [7, 11) is 0. The van der Waals surface area contributed by atoms with Gasteiger partial charge in [-0.25, -0.2) is 4.68 Å². The van der Waals surface area contributed by atoms with Crippen LogP contribution in [-0.2, 0) is 6.54 Å². The highest BCUT2D eigenvalue weighted by Gasteiger charge is 2.32. The molecule has 0 radical (unpaired) electrons. The third-order valence-electron chi connectivity index (χ3n) is 2.65. The molecule has 0 amide bonds. The van der Waals surface area contributed by atoms with Crippen molar-refractivity contribution < 1.29 is 0 Å². The number of aromatic nitrogens is 4. The Morgan fingerprint density at radius 2 is 2.33 bits per heavy atom. The molecule has 0 saturated heterocycles. The molecule has 1 fully saturated rings. The molecule has 2 N–H and O–H groups in total. The monoisotopic (exact) mass is 167 g/mol. The number of tetrazole rings is 1. The summed E-state index contributed by atoms with van der Waals surface area (Å²) in [5.74, 6) is 0.420. The van der Waals surface area contributed by atoms with Crippen molar-refractivity contribution in [2.45, 2.75) is 32.7 Å². The predicted molar refractivity (Wildman–Crippen MR) is 44.2 cm³/mol. The third kappa shape index (κ3) is 1.15. The second-order valence-electron chi connectivity index (χ2n) is 3.86. The van der Waals surface area contributed by atoms with Crippen molar-refractivity contribution in [2.75, 3.05) is 5.73 Å². The molecular formula is C7H13N5. The average molecular weight is 167 g/mol. The van der Waals surface area contributed by atoms with Gasteiger partial charge in [-0.1, -0.05) is 18.4 Å². The second kappa shape index (κ2) is 2.43. The van der Waals surface area contributed by atoms with Crippen LogP contribution in [0.2, 0.25) is 0 Å². The van der Waals surface area contributed by atoms with Crippen LogP contribution in [0.4, 0.5) is 5.95 Å². The Morgan fingerprint density at radius 1 is 1.58 bits per heavy atom. The number of nitrogens with zero attached hydrogens (tertiary/aromatic N) is 4. The summed E-state index contributed by atoms with van der Waals surface area (Å²) in [6, 6.07) is 0. The van der Waals surface area contributed by atoms with Crippen LogP contribution < -0.4 is 5.73 Å². The van der Waals surface area contributed by atoms with Crippen molar-refractivity contribution in [3.8, 4) is 0 Å². The van der Waals surface area contributed by atoms with Crippen molar-refractivity contribution in [2.24, 2.45) is 5.41 Å². The van der Waals surface area contributed by atoms with Crippen LogP contribution in [0.5, 0.6) is 0 Å². The van der Waals surface area contributed by atoms with Crippen molar-refractivity contribution in [3.05, 3.63) is 0 Å². The van der Waals surface area contributed by atoms with E-state index in [1.165, 1.54) is 19.3 Å². The van der Waals surface area contributed by atoms with E-state index in [0.717, 1.165) is 6.54 Å². The molecule has 1 aliphatic rings. The molecule has 5 heteroatoms. The SMILES string of the molecule is CC1(Cn2nnnc2N)CCC1. The number of anilines is 1. The number of hydrogen-bond donors (Lipinski definition) is 1. The van der Waals surface area contributed by atoms with E-state index in [4.69, 9.17) is 5.73 Å². The maximum absolute atomic E-state index is 5.55. The smallest absolute Gasteiger partial charge is 0.240 e. The van der Waals surface area contributed by atoms with Crippen LogP contribution in [0.15, 0.2) is 0 Å². The first-order chi connectivity index (χ1) is 5.70. The zero-order chi connectivity index (χ0) is 8.60. The minimum absolute atomic E-state index is 0.378. The molecule has 1 aromatic heterocycles. The summed E-state index contributed by atoms with van der Waals surface area (Å²) in [5.41, 5.74) is 5.93. The molecule has 12 heavy (non-hydrogen) atoms. The quantitative estimate of drug-likeness (QED) is 0.694. The molecule has 0 unspecified atom stereocenters. The van der Waals surface area contributed by atoms with E-state index in [-0.39, 0.29) is 0 Å². The number of nitrogen functional groups attached to an aromatic ring is 1. The summed E-state index contributed by atoms with van der Waals surface area (Å²) >= 11 is 0. The maximum atomic E-state index is 5.55. The number of hydrogen-bond acceptors (Lipinski definition) is 4. The van der Waals surface area contributed by atoms with Gasteiger partial charge < -0.3 is 5.73 Å². The molecule has 1 aromatic rings. The van der Waals surface area contributed by atoms with E-state index in [9.17, 15) is 0 Å². The summed E-state index contributed by atoms with van der Waals surface area (Å²) in [5, 5.41) is 11.0. The Kier molecular flexibility index (Phi) is 1.52. The van der Waals surface area contributed by atoms with Crippen LogP contribution in [-0.4, -0.2) is 20.2 Å². The molecular weight excluding hydrogens is 154 g/mol. The van der Waals surface area contributed by atoms with Crippen LogP contribution in [0.3, 0.4) is 0 Å². The highest BCUT2D eigenvalue weighted by molar-refractivity contribution is 5.10. The van der Waals surface area contributed by atoms with Gasteiger partial charge in [-0.05, 0) is 28.7 Å². The zero-order valence-electron chi connectivity index (χ0n) is 7.19. The molecule has 0 aromatic carbocycles. The van der Waals surface area contributed by atoms with Gasteiger partial charge in [-0.15, -0.1) is 0 Å². The van der Waals surface area contributed by atoms with E-state index in [2.05, 4.69) is 22.4 Å². The second-order valence-corrected chi connectivity index (χ2v) is 3.86. The highest BCUT2D eigenvalue weighted by atomic mass is 15.6. The van der Waals surface area contributed by atoms with Crippen molar-refractivity contribution >= 4 is 5.95 Å². The lowest BCUT2D eigenvalue weighted by molar-refractivity contribution is 0.126. The third-order valence-corrected chi connectivity index (χ3v) is 2.65. The normalized spacial score (nSPS) is 20.4. The molecule has 0 bridgehead atoms. The van der Waals surface area contributed by atoms with Crippen LogP contribution >= 0.6 is 0 Å². The summed E-state index contributed by atoms with van der Waals surface area (Å²) in [6.45, 7) is 3.10. The topological polar surface area (TPSA) is 69.6 Å². The Balaban J connectivity index is 2.08. The predicted octanol–water partition coefficient (Wildman–Crippen LogP) is 0.445. The Hall–Kier alpha value is -1.13. The molecule has 0 aliphatic heterocycles. The minimum atomic E-state index is 0.378. The summed E-state index contributed by atoms with van der Waals surface area (Å²) in [4.78, 5) is 0. The summed E-state index contributed by atoms with van der Waals surface area (Å²) in [6.07, 6.45) is 3.83. The van der Waals surface area contributed by atoms with Gasteiger partial charge in [0.1, 0.15) is 0 Å². The molecule has 1 aliphatic carbocycles. The van der Waals surface area contributed by atoms with Crippen molar-refractivity contribution in [3.63, 3.8) is 0 Å². The zero-order valence-corrected chi connectivity index (χ0v) is 7.19. The van der Waals surface area contributed by atoms with Gasteiger partial charge >= 0.3 is 0 Å². The van der Waals surface area contributed by atoms with Gasteiger partial charge in [0.25, 0.3) is 0 Å². The fourth-order valence-electron chi connectivity index (χ4n) is 1.62. The van der Waals surface area contributed by atoms with E-state index < -0.39 is 0 Å². The van der Waals surface area contributed by atoms with Crippen molar-refractivity contribution in [1.29, 1.82) is 0 Å². The maximum Gasteiger partial charge on any atom is 0.240 e. The molecule has 0 spiro atoms. The van der Waals surface area contributed by atoms with Gasteiger partial charge in [-0.3, -0.25) is 0 Å². The van der Waals surface area contributed by atoms with Crippen LogP contribution in [0, 0.1) is 5.41 Å². The first-order valence-corrected chi connectivity index (χ1v) is 4.21. The Labute approximate surface area is 70.9 Å². The first kappa shape index (κ1) is 7.52. The van der Waals surface area contributed by atoms with E-state index in [1.807, 2.05) is 0 Å². The molecule has 2 rings (SSSR count). The fraction of sp³-hybridized carbons (Fsp3) is 0.857. The lowest BCUT2D eigenvalue weighted by Gasteiger charge is -2.37. The molecule has 0 atom stereocenters. The van der Waals surface area contributed by atoms with Gasteiger partial charge in [0.2, 0.25) is 5.95 Å². The average Bonchev–Trinajstić information content (AvgIpc) is 2.34. The molecule has 66 valence electrons. The van der Waals surface area contributed by atoms with Gasteiger partial charge in [0, 0.05) is 0 Å². The lowest BCUT2D eigenvalue weighted by Crippen LogP contribution is -2.31. The van der Waals surface area contributed by atoms with E-state index in [1.54, 1.807) is 4.68 Å². The highest BCUT2D eigenvalue weighted by Crippen LogP contribution is 2.41. The first-order valence-electron chi connectivity index (χ1n) is 4.21. The van der Waals surface area contributed by atoms with Gasteiger partial charge in [0.15, 0.2) is 0 Å². The van der Waals surface area contributed by atoms with Crippen molar-refractivity contribution in [1.82, 2.24) is 20.2 Å². The van der Waals surface area contributed by atoms with E-state index in [0.29, 0.717) is 11.4 Å². The largest absolute Gasteiger partial charge is 0.367 e. The number of rotatable bonds is 2. The van der Waals surface area contributed by atoms with Gasteiger partial charge in [0.05, 0.1) is 6.54 Å². The van der Waals surface area contributed by atoms with Gasteiger partial charge in [-0.2, -0.15) is 0 Å². The lowest BCUT2D eigenvalue weighted by atomic mass is 9.70. The fourth-order valence-corrected chi connectivity index (χ4v) is 1.62. The van der Waals surface area contributed by atoms with Crippen LogP contribution in [0.1, 0.15) is 26.2 Å².